The molecule has 0 aliphatic carbocycles. The number of hydrogen-bond donors (Lipinski definition) is 1. The molecule has 23 heavy (non-hydrogen) atoms. The molecule has 1 aliphatic heterocycles. The lowest BCUT2D eigenvalue weighted by Gasteiger charge is -2.19. The fraction of sp³-hybridized carbons (Fsp3) is 0.412. The van der Waals surface area contributed by atoms with Crippen LogP contribution in [0.4, 0.5) is 5.69 Å². The maximum atomic E-state index is 11.4. The summed E-state index contributed by atoms with van der Waals surface area (Å²) in [5.41, 5.74) is 3.24. The smallest absolute Gasteiger partial charge is 0.224 e. The molecule has 0 saturated heterocycles. The average Bonchev–Trinajstić information content (AvgIpc) is 2.92. The van der Waals surface area contributed by atoms with E-state index < -0.39 is 0 Å². The van der Waals surface area contributed by atoms with Crippen LogP contribution in [0.25, 0.3) is 0 Å². The highest BCUT2D eigenvalue weighted by molar-refractivity contribution is 5.93. The van der Waals surface area contributed by atoms with Crippen molar-refractivity contribution in [3.05, 3.63) is 41.7 Å². The first kappa shape index (κ1) is 15.6. The largest absolute Gasteiger partial charge is 0.492 e. The Balaban J connectivity index is 1.48. The standard InChI is InChI=1S/C17H22N4O2/c1-20(11-13-10-18-21(2)12-13)7-8-23-15-4-5-16-14(9-15)3-6-17(22)19-16/h4-5,9-10,12H,3,6-8,11H2,1-2H3,(H,19,22). The Morgan fingerprint density at radius 3 is 3.04 bits per heavy atom. The second kappa shape index (κ2) is 6.83. The highest BCUT2D eigenvalue weighted by Crippen LogP contribution is 2.26. The lowest BCUT2D eigenvalue weighted by Crippen LogP contribution is -2.24. The van der Waals surface area contributed by atoms with Gasteiger partial charge < -0.3 is 10.1 Å². The Bertz CT molecular complexity index is 696. The van der Waals surface area contributed by atoms with Crippen LogP contribution in [0.1, 0.15) is 17.5 Å². The van der Waals surface area contributed by atoms with Gasteiger partial charge in [0.25, 0.3) is 0 Å². The van der Waals surface area contributed by atoms with Crippen molar-refractivity contribution in [3.8, 4) is 5.75 Å². The maximum Gasteiger partial charge on any atom is 0.224 e. The molecule has 1 aromatic heterocycles. The molecule has 1 N–H and O–H groups in total. The highest BCUT2D eigenvalue weighted by atomic mass is 16.5. The molecule has 2 aromatic rings. The van der Waals surface area contributed by atoms with Crippen LogP contribution in [-0.4, -0.2) is 40.8 Å². The summed E-state index contributed by atoms with van der Waals surface area (Å²) in [6.45, 7) is 2.32. The number of rotatable bonds is 6. The first-order chi connectivity index (χ1) is 11.1. The highest BCUT2D eigenvalue weighted by Gasteiger charge is 2.15. The van der Waals surface area contributed by atoms with E-state index in [9.17, 15) is 4.79 Å². The number of hydrogen-bond acceptors (Lipinski definition) is 4. The van der Waals surface area contributed by atoms with E-state index in [4.69, 9.17) is 4.74 Å². The zero-order valence-corrected chi connectivity index (χ0v) is 13.6. The van der Waals surface area contributed by atoms with Crippen LogP contribution < -0.4 is 10.1 Å². The zero-order valence-electron chi connectivity index (χ0n) is 13.6. The minimum Gasteiger partial charge on any atom is -0.492 e. The molecule has 2 heterocycles. The van der Waals surface area contributed by atoms with Crippen molar-refractivity contribution in [3.63, 3.8) is 0 Å². The summed E-state index contributed by atoms with van der Waals surface area (Å²) in [5.74, 6) is 0.942. The monoisotopic (exact) mass is 314 g/mol. The number of anilines is 1. The Morgan fingerprint density at radius 1 is 1.39 bits per heavy atom. The van der Waals surface area contributed by atoms with Crippen molar-refractivity contribution in [2.45, 2.75) is 19.4 Å². The summed E-state index contributed by atoms with van der Waals surface area (Å²) in [5, 5.41) is 7.05. The molecule has 6 heteroatoms. The van der Waals surface area contributed by atoms with Crippen molar-refractivity contribution < 1.29 is 9.53 Å². The number of amides is 1. The molecule has 0 spiro atoms. The van der Waals surface area contributed by atoms with Gasteiger partial charge in [-0.2, -0.15) is 5.10 Å². The van der Waals surface area contributed by atoms with E-state index in [0.717, 1.165) is 36.5 Å². The Labute approximate surface area is 136 Å². The third-order valence-electron chi connectivity index (χ3n) is 3.92. The number of nitrogens with one attached hydrogen (secondary N) is 1. The van der Waals surface area contributed by atoms with Crippen molar-refractivity contribution in [2.75, 3.05) is 25.5 Å². The van der Waals surface area contributed by atoms with Crippen LogP contribution in [-0.2, 0) is 24.8 Å². The Kier molecular flexibility index (Phi) is 4.62. The molecule has 6 nitrogen and oxygen atoms in total. The van der Waals surface area contributed by atoms with Gasteiger partial charge in [-0.1, -0.05) is 0 Å². The third-order valence-corrected chi connectivity index (χ3v) is 3.92. The molecule has 0 unspecified atom stereocenters. The van der Waals surface area contributed by atoms with Crippen LogP contribution in [0.5, 0.6) is 5.75 Å². The van der Waals surface area contributed by atoms with Crippen molar-refractivity contribution in [1.82, 2.24) is 14.7 Å². The number of carbonyl (C=O) groups is 1. The third kappa shape index (κ3) is 4.10. The zero-order chi connectivity index (χ0) is 16.2. The predicted octanol–water partition coefficient (Wildman–Crippen LogP) is 1.82. The SMILES string of the molecule is CN(CCOc1ccc2c(c1)CCC(=O)N2)Cc1cnn(C)c1. The van der Waals surface area contributed by atoms with Crippen LogP contribution in [0.15, 0.2) is 30.6 Å². The molecule has 0 atom stereocenters. The molecule has 0 bridgehead atoms. The van der Waals surface area contributed by atoms with E-state index in [-0.39, 0.29) is 5.91 Å². The van der Waals surface area contributed by atoms with Gasteiger partial charge in [0.1, 0.15) is 12.4 Å². The number of benzene rings is 1. The van der Waals surface area contributed by atoms with Crippen LogP contribution in [0.3, 0.4) is 0 Å². The molecule has 0 saturated carbocycles. The van der Waals surface area contributed by atoms with E-state index in [1.54, 1.807) is 0 Å². The van der Waals surface area contributed by atoms with Gasteiger partial charge in [-0.05, 0) is 37.2 Å². The normalized spacial score (nSPS) is 13.8. The molecular weight excluding hydrogens is 292 g/mol. The molecule has 122 valence electrons. The van der Waals surface area contributed by atoms with Gasteiger partial charge in [0, 0.05) is 44.0 Å². The molecule has 0 radical (unpaired) electrons. The fourth-order valence-electron chi connectivity index (χ4n) is 2.71. The second-order valence-electron chi connectivity index (χ2n) is 5.98. The molecule has 1 amide bonds. The van der Waals surface area contributed by atoms with Crippen molar-refractivity contribution in [2.24, 2.45) is 7.05 Å². The van der Waals surface area contributed by atoms with Gasteiger partial charge in [0.15, 0.2) is 0 Å². The van der Waals surface area contributed by atoms with E-state index in [1.807, 2.05) is 42.3 Å². The van der Waals surface area contributed by atoms with Crippen LogP contribution in [0, 0.1) is 0 Å². The number of ether oxygens (including phenoxy) is 1. The van der Waals surface area contributed by atoms with Gasteiger partial charge in [-0.3, -0.25) is 14.4 Å². The fourth-order valence-corrected chi connectivity index (χ4v) is 2.71. The lowest BCUT2D eigenvalue weighted by atomic mass is 10.0. The summed E-state index contributed by atoms with van der Waals surface area (Å²) in [4.78, 5) is 13.6. The summed E-state index contributed by atoms with van der Waals surface area (Å²) in [7, 11) is 3.99. The van der Waals surface area contributed by atoms with E-state index in [0.29, 0.717) is 13.0 Å². The molecule has 1 aliphatic rings. The predicted molar refractivity (Wildman–Crippen MR) is 88.4 cm³/mol. The van der Waals surface area contributed by atoms with Gasteiger partial charge in [-0.25, -0.2) is 0 Å². The minimum atomic E-state index is 0.0863. The Morgan fingerprint density at radius 2 is 2.26 bits per heavy atom. The molecule has 0 fully saturated rings. The first-order valence-electron chi connectivity index (χ1n) is 7.82. The molecule has 3 rings (SSSR count). The molecular formula is C17H22N4O2. The summed E-state index contributed by atoms with van der Waals surface area (Å²) in [6.07, 6.45) is 5.23. The number of likely N-dealkylation sites (N-methyl/N-ethyl adjacent to an activating group) is 1. The van der Waals surface area contributed by atoms with Gasteiger partial charge in [-0.15, -0.1) is 0 Å². The van der Waals surface area contributed by atoms with Crippen molar-refractivity contribution in [1.29, 1.82) is 0 Å². The van der Waals surface area contributed by atoms with E-state index >= 15 is 0 Å². The number of carbonyl (C=O) groups excluding carboxylic acids is 1. The summed E-state index contributed by atoms with van der Waals surface area (Å²) >= 11 is 0. The van der Waals surface area contributed by atoms with E-state index in [2.05, 4.69) is 22.4 Å². The van der Waals surface area contributed by atoms with Gasteiger partial charge in [0.2, 0.25) is 5.91 Å². The van der Waals surface area contributed by atoms with E-state index in [1.165, 1.54) is 5.56 Å². The quantitative estimate of drug-likeness (QED) is 0.883. The number of aromatic nitrogens is 2. The number of nitrogens with zero attached hydrogens (tertiary/aromatic N) is 3. The van der Waals surface area contributed by atoms with Gasteiger partial charge >= 0.3 is 0 Å². The first-order valence-corrected chi connectivity index (χ1v) is 7.82. The number of fused-ring (bicyclic) bond motifs is 1. The van der Waals surface area contributed by atoms with Crippen LogP contribution in [0.2, 0.25) is 0 Å². The number of aryl methyl sites for hydroxylation is 2. The van der Waals surface area contributed by atoms with Crippen LogP contribution >= 0.6 is 0 Å². The average molecular weight is 314 g/mol. The minimum absolute atomic E-state index is 0.0863. The van der Waals surface area contributed by atoms with Gasteiger partial charge in [0.05, 0.1) is 6.20 Å². The molecule has 1 aromatic carbocycles. The summed E-state index contributed by atoms with van der Waals surface area (Å²) < 4.78 is 7.65. The van der Waals surface area contributed by atoms with Crippen molar-refractivity contribution >= 4 is 11.6 Å². The Hall–Kier alpha value is -2.34. The lowest BCUT2D eigenvalue weighted by molar-refractivity contribution is -0.116. The topological polar surface area (TPSA) is 59.4 Å². The maximum absolute atomic E-state index is 11.4. The second-order valence-corrected chi connectivity index (χ2v) is 5.98. The summed E-state index contributed by atoms with van der Waals surface area (Å²) in [6, 6.07) is 5.85.